The van der Waals surface area contributed by atoms with Gasteiger partial charge < -0.3 is 18.8 Å². The van der Waals surface area contributed by atoms with Crippen LogP contribution < -0.4 is 9.47 Å². The van der Waals surface area contributed by atoms with Crippen molar-refractivity contribution in [3.8, 4) is 11.5 Å². The molecule has 2 heterocycles. The van der Waals surface area contributed by atoms with Gasteiger partial charge in [0.25, 0.3) is 10.7 Å². The molecule has 1 aromatic heterocycles. The maximum Gasteiger partial charge on any atom is 0.288 e. The molecule has 3 rings (SSSR count). The van der Waals surface area contributed by atoms with Gasteiger partial charge in [0, 0.05) is 26.2 Å². The van der Waals surface area contributed by atoms with E-state index in [1.54, 1.807) is 11.8 Å². The highest BCUT2D eigenvalue weighted by Gasteiger charge is 2.17. The molecule has 136 valence electrons. The van der Waals surface area contributed by atoms with E-state index in [-0.39, 0.29) is 6.61 Å². The standard InChI is InChI=1S/C17H24N4O3S/c1-3-19-8-10-20(11-9-19)13-21-17(25)24-16(18-21)12-23-15-6-4-14(22-2)5-7-15/h4-7H,3,8-13H2,1-2H3. The zero-order valence-electron chi connectivity index (χ0n) is 14.7. The van der Waals surface area contributed by atoms with Crippen molar-refractivity contribution in [1.82, 2.24) is 19.6 Å². The van der Waals surface area contributed by atoms with Gasteiger partial charge in [-0.15, -0.1) is 5.10 Å². The van der Waals surface area contributed by atoms with Crippen LogP contribution in [0, 0.1) is 4.84 Å². The summed E-state index contributed by atoms with van der Waals surface area (Å²) in [6.07, 6.45) is 0. The minimum Gasteiger partial charge on any atom is -0.497 e. The summed E-state index contributed by atoms with van der Waals surface area (Å²) in [6, 6.07) is 7.38. The van der Waals surface area contributed by atoms with E-state index in [0.717, 1.165) is 44.2 Å². The van der Waals surface area contributed by atoms with E-state index >= 15 is 0 Å². The summed E-state index contributed by atoms with van der Waals surface area (Å²) in [7, 11) is 1.63. The second kappa shape index (κ2) is 8.46. The summed E-state index contributed by atoms with van der Waals surface area (Å²) < 4.78 is 18.1. The van der Waals surface area contributed by atoms with Gasteiger partial charge in [0.05, 0.1) is 13.8 Å². The number of ether oxygens (including phenoxy) is 2. The average Bonchev–Trinajstić information content (AvgIpc) is 3.00. The first-order valence-corrected chi connectivity index (χ1v) is 8.87. The molecule has 0 saturated carbocycles. The molecule has 0 amide bonds. The van der Waals surface area contributed by atoms with Gasteiger partial charge in [-0.25, -0.2) is 4.68 Å². The Morgan fingerprint density at radius 2 is 1.72 bits per heavy atom. The first kappa shape index (κ1) is 17.9. The van der Waals surface area contributed by atoms with Crippen LogP contribution in [0.2, 0.25) is 0 Å². The van der Waals surface area contributed by atoms with Crippen LogP contribution in [-0.2, 0) is 13.3 Å². The fraction of sp³-hybridized carbons (Fsp3) is 0.529. The molecule has 1 aromatic carbocycles. The summed E-state index contributed by atoms with van der Waals surface area (Å²) in [4.78, 5) is 5.15. The van der Waals surface area contributed by atoms with Crippen LogP contribution >= 0.6 is 12.2 Å². The topological polar surface area (TPSA) is 55.9 Å². The number of likely N-dealkylation sites (N-methyl/N-ethyl adjacent to an activating group) is 1. The van der Waals surface area contributed by atoms with Crippen molar-refractivity contribution in [2.45, 2.75) is 20.2 Å². The van der Waals surface area contributed by atoms with E-state index in [2.05, 4.69) is 21.8 Å². The molecule has 25 heavy (non-hydrogen) atoms. The predicted molar refractivity (Wildman–Crippen MR) is 96.3 cm³/mol. The Bertz CT molecular complexity index is 720. The third-order valence-corrected chi connectivity index (χ3v) is 4.61. The molecule has 0 aliphatic carbocycles. The van der Waals surface area contributed by atoms with E-state index in [0.29, 0.717) is 17.4 Å². The lowest BCUT2D eigenvalue weighted by Gasteiger charge is -2.33. The quantitative estimate of drug-likeness (QED) is 0.699. The molecule has 0 atom stereocenters. The number of hydrogen-bond donors (Lipinski definition) is 0. The highest BCUT2D eigenvalue weighted by molar-refractivity contribution is 7.71. The van der Waals surface area contributed by atoms with Crippen LogP contribution in [0.25, 0.3) is 0 Å². The van der Waals surface area contributed by atoms with E-state index in [9.17, 15) is 0 Å². The Balaban J connectivity index is 1.54. The first-order valence-electron chi connectivity index (χ1n) is 8.46. The van der Waals surface area contributed by atoms with Crippen LogP contribution in [0.4, 0.5) is 0 Å². The fourth-order valence-electron chi connectivity index (χ4n) is 2.75. The van der Waals surface area contributed by atoms with Crippen LogP contribution in [0.1, 0.15) is 12.8 Å². The Morgan fingerprint density at radius 1 is 1.08 bits per heavy atom. The Hall–Kier alpha value is -1.90. The van der Waals surface area contributed by atoms with Crippen molar-refractivity contribution in [3.05, 3.63) is 35.0 Å². The second-order valence-corrected chi connectivity index (χ2v) is 6.27. The Morgan fingerprint density at radius 3 is 2.36 bits per heavy atom. The molecule has 8 heteroatoms. The van der Waals surface area contributed by atoms with Crippen LogP contribution in [0.5, 0.6) is 11.5 Å². The lowest BCUT2D eigenvalue weighted by Crippen LogP contribution is -2.46. The van der Waals surface area contributed by atoms with Crippen molar-refractivity contribution in [2.24, 2.45) is 0 Å². The van der Waals surface area contributed by atoms with Crippen LogP contribution in [0.15, 0.2) is 28.7 Å². The molecule has 0 spiro atoms. The maximum atomic E-state index is 5.69. The summed E-state index contributed by atoms with van der Waals surface area (Å²) in [5.74, 6) is 2.00. The number of nitrogens with zero attached hydrogens (tertiary/aromatic N) is 4. The Kier molecular flexibility index (Phi) is 6.06. The van der Waals surface area contributed by atoms with Crippen molar-refractivity contribution >= 4 is 12.2 Å². The highest BCUT2D eigenvalue weighted by atomic mass is 32.1. The van der Waals surface area contributed by atoms with E-state index < -0.39 is 0 Å². The van der Waals surface area contributed by atoms with Gasteiger partial charge in [-0.1, -0.05) is 6.92 Å². The lowest BCUT2D eigenvalue weighted by atomic mass is 10.3. The van der Waals surface area contributed by atoms with Gasteiger partial charge in [0.2, 0.25) is 0 Å². The van der Waals surface area contributed by atoms with Gasteiger partial charge in [-0.2, -0.15) is 0 Å². The number of piperazine rings is 1. The predicted octanol–water partition coefficient (Wildman–Crippen LogP) is 2.39. The molecule has 0 radical (unpaired) electrons. The number of methoxy groups -OCH3 is 1. The molecule has 7 nitrogen and oxygen atoms in total. The largest absolute Gasteiger partial charge is 0.497 e. The molecular weight excluding hydrogens is 340 g/mol. The minimum absolute atomic E-state index is 0.243. The number of hydrogen-bond acceptors (Lipinski definition) is 7. The molecule has 2 aromatic rings. The zero-order chi connectivity index (χ0) is 17.6. The van der Waals surface area contributed by atoms with Crippen molar-refractivity contribution in [2.75, 3.05) is 39.8 Å². The van der Waals surface area contributed by atoms with Crippen LogP contribution in [0.3, 0.4) is 0 Å². The van der Waals surface area contributed by atoms with Crippen molar-refractivity contribution < 1.29 is 13.9 Å². The van der Waals surface area contributed by atoms with E-state index in [1.165, 1.54) is 0 Å². The fourth-order valence-corrected chi connectivity index (χ4v) is 2.95. The summed E-state index contributed by atoms with van der Waals surface area (Å²) >= 11 is 5.28. The van der Waals surface area contributed by atoms with E-state index in [1.807, 2.05) is 24.3 Å². The lowest BCUT2D eigenvalue weighted by molar-refractivity contribution is 0.105. The Labute approximate surface area is 152 Å². The molecule has 1 fully saturated rings. The van der Waals surface area contributed by atoms with Crippen LogP contribution in [-0.4, -0.2) is 59.4 Å². The molecule has 1 aliphatic heterocycles. The van der Waals surface area contributed by atoms with E-state index in [4.69, 9.17) is 26.1 Å². The van der Waals surface area contributed by atoms with Gasteiger partial charge in [0.1, 0.15) is 11.5 Å². The second-order valence-electron chi connectivity index (χ2n) is 5.92. The average molecular weight is 364 g/mol. The smallest absolute Gasteiger partial charge is 0.288 e. The normalized spacial score (nSPS) is 16.1. The minimum atomic E-state index is 0.243. The van der Waals surface area contributed by atoms with Crippen molar-refractivity contribution in [3.63, 3.8) is 0 Å². The van der Waals surface area contributed by atoms with Crippen molar-refractivity contribution in [1.29, 1.82) is 0 Å². The van der Waals surface area contributed by atoms with Gasteiger partial charge in [0.15, 0.2) is 6.61 Å². The monoisotopic (exact) mass is 364 g/mol. The summed E-state index contributed by atoms with van der Waals surface area (Å²) in [6.45, 7) is 8.38. The first-order chi connectivity index (χ1) is 12.2. The van der Waals surface area contributed by atoms with Gasteiger partial charge >= 0.3 is 0 Å². The molecule has 0 N–H and O–H groups in total. The number of aromatic nitrogens is 2. The highest BCUT2D eigenvalue weighted by Crippen LogP contribution is 2.18. The maximum absolute atomic E-state index is 5.69. The zero-order valence-corrected chi connectivity index (χ0v) is 15.5. The summed E-state index contributed by atoms with van der Waals surface area (Å²) in [5, 5.41) is 4.43. The SMILES string of the molecule is CCN1CCN(Cn2nc(COc3ccc(OC)cc3)oc2=S)CC1. The molecule has 1 aliphatic rings. The third-order valence-electron chi connectivity index (χ3n) is 4.32. The third kappa shape index (κ3) is 4.81. The molecule has 0 bridgehead atoms. The van der Waals surface area contributed by atoms with Gasteiger partial charge in [-0.05, 0) is 43.0 Å². The molecular formula is C17H24N4O3S. The number of benzene rings is 1. The summed E-state index contributed by atoms with van der Waals surface area (Å²) in [5.41, 5.74) is 0. The molecule has 1 saturated heterocycles. The number of rotatable bonds is 7. The molecule has 0 unspecified atom stereocenters. The van der Waals surface area contributed by atoms with Gasteiger partial charge in [-0.3, -0.25) is 4.90 Å².